The van der Waals surface area contributed by atoms with Crippen LogP contribution in [0.4, 0.5) is 0 Å². The topological polar surface area (TPSA) is 26.8 Å². The highest BCUT2D eigenvalue weighted by molar-refractivity contribution is 7.80. The highest BCUT2D eigenvalue weighted by Crippen LogP contribution is 2.13. The van der Waals surface area contributed by atoms with Gasteiger partial charge in [-0.15, -0.1) is 12.6 Å². The first-order valence-corrected chi connectivity index (χ1v) is 7.46. The molecule has 0 atom stereocenters. The van der Waals surface area contributed by atoms with Crippen LogP contribution in [0.3, 0.4) is 0 Å². The van der Waals surface area contributed by atoms with Crippen molar-refractivity contribution in [1.29, 1.82) is 0 Å². The molecule has 0 aliphatic carbocycles. The summed E-state index contributed by atoms with van der Waals surface area (Å²) in [5.74, 6) is 0.119. The predicted molar refractivity (Wildman–Crippen MR) is 84.6 cm³/mol. The van der Waals surface area contributed by atoms with E-state index in [-0.39, 0.29) is 5.91 Å². The fourth-order valence-corrected chi connectivity index (χ4v) is 2.56. The molecule has 0 radical (unpaired) electrons. The summed E-state index contributed by atoms with van der Waals surface area (Å²) >= 11 is 4.29. The number of likely N-dealkylation sites (N-methyl/N-ethyl adjacent to an activating group) is 1. The van der Waals surface area contributed by atoms with Crippen LogP contribution in [-0.4, -0.2) is 74.0 Å². The smallest absolute Gasteiger partial charge is 0.253 e. The molecule has 1 amide bonds. The third kappa shape index (κ3) is 4.23. The standard InChI is InChI=1S/C15H23N3OS/c1-16(2)6-7-17-8-10-18(11-9-17)15(19)13-4-3-5-14(20)12-13/h3-5,12,20H,6-11H2,1-2H3. The van der Waals surface area contributed by atoms with Crippen molar-refractivity contribution < 1.29 is 4.79 Å². The lowest BCUT2D eigenvalue weighted by Gasteiger charge is -2.35. The number of hydrogen-bond donors (Lipinski definition) is 1. The lowest BCUT2D eigenvalue weighted by Crippen LogP contribution is -2.49. The molecule has 1 aromatic carbocycles. The normalized spacial score (nSPS) is 16.7. The Morgan fingerprint density at radius 2 is 1.95 bits per heavy atom. The minimum atomic E-state index is 0.119. The van der Waals surface area contributed by atoms with E-state index in [1.807, 2.05) is 29.2 Å². The van der Waals surface area contributed by atoms with Gasteiger partial charge in [-0.05, 0) is 32.3 Å². The van der Waals surface area contributed by atoms with Gasteiger partial charge < -0.3 is 9.80 Å². The van der Waals surface area contributed by atoms with E-state index in [9.17, 15) is 4.79 Å². The van der Waals surface area contributed by atoms with Gasteiger partial charge in [0, 0.05) is 49.7 Å². The van der Waals surface area contributed by atoms with Crippen LogP contribution < -0.4 is 0 Å². The number of rotatable bonds is 4. The molecule has 0 N–H and O–H groups in total. The average molecular weight is 293 g/mol. The number of amides is 1. The van der Waals surface area contributed by atoms with Crippen molar-refractivity contribution in [3.05, 3.63) is 29.8 Å². The molecular weight excluding hydrogens is 270 g/mol. The quantitative estimate of drug-likeness (QED) is 0.848. The van der Waals surface area contributed by atoms with Gasteiger partial charge in [0.25, 0.3) is 5.91 Å². The maximum Gasteiger partial charge on any atom is 0.253 e. The number of thiol groups is 1. The van der Waals surface area contributed by atoms with Crippen LogP contribution in [0, 0.1) is 0 Å². The van der Waals surface area contributed by atoms with Gasteiger partial charge >= 0.3 is 0 Å². The second-order valence-electron chi connectivity index (χ2n) is 5.49. The Kier molecular flexibility index (Phi) is 5.46. The molecule has 1 fully saturated rings. The molecule has 110 valence electrons. The number of hydrogen-bond acceptors (Lipinski definition) is 4. The van der Waals surface area contributed by atoms with Crippen LogP contribution >= 0.6 is 12.6 Å². The monoisotopic (exact) mass is 293 g/mol. The van der Waals surface area contributed by atoms with Gasteiger partial charge in [0.2, 0.25) is 0 Å². The number of piperazine rings is 1. The molecule has 0 saturated carbocycles. The molecule has 5 heteroatoms. The second-order valence-corrected chi connectivity index (χ2v) is 6.00. The van der Waals surface area contributed by atoms with E-state index in [1.54, 1.807) is 0 Å². The summed E-state index contributed by atoms with van der Waals surface area (Å²) in [7, 11) is 4.18. The van der Waals surface area contributed by atoms with Crippen LogP contribution in [0.25, 0.3) is 0 Å². The summed E-state index contributed by atoms with van der Waals surface area (Å²) in [6, 6.07) is 7.46. The summed E-state index contributed by atoms with van der Waals surface area (Å²) in [5, 5.41) is 0. The maximum atomic E-state index is 12.4. The second kappa shape index (κ2) is 7.11. The molecule has 1 aromatic rings. The van der Waals surface area contributed by atoms with E-state index in [0.717, 1.165) is 49.7 Å². The zero-order valence-corrected chi connectivity index (χ0v) is 13.1. The fraction of sp³-hybridized carbons (Fsp3) is 0.533. The van der Waals surface area contributed by atoms with Gasteiger partial charge in [0.15, 0.2) is 0 Å². The van der Waals surface area contributed by atoms with Crippen molar-refractivity contribution in [2.75, 3.05) is 53.4 Å². The molecule has 2 rings (SSSR count). The third-order valence-corrected chi connectivity index (χ3v) is 3.89. The van der Waals surface area contributed by atoms with Gasteiger partial charge in [-0.1, -0.05) is 6.07 Å². The summed E-state index contributed by atoms with van der Waals surface area (Å²) in [5.41, 5.74) is 0.735. The lowest BCUT2D eigenvalue weighted by molar-refractivity contribution is 0.0629. The fourth-order valence-electron chi connectivity index (χ4n) is 2.34. The lowest BCUT2D eigenvalue weighted by atomic mass is 10.2. The van der Waals surface area contributed by atoms with Gasteiger partial charge in [-0.25, -0.2) is 0 Å². The Bertz CT molecular complexity index is 456. The first-order chi connectivity index (χ1) is 9.56. The van der Waals surface area contributed by atoms with Crippen molar-refractivity contribution in [3.63, 3.8) is 0 Å². The van der Waals surface area contributed by atoms with Gasteiger partial charge in [0.1, 0.15) is 0 Å². The molecule has 1 aliphatic rings. The van der Waals surface area contributed by atoms with Crippen molar-refractivity contribution in [3.8, 4) is 0 Å². The molecule has 4 nitrogen and oxygen atoms in total. The molecule has 1 heterocycles. The largest absolute Gasteiger partial charge is 0.336 e. The van der Waals surface area contributed by atoms with Crippen molar-refractivity contribution in [2.24, 2.45) is 0 Å². The minimum Gasteiger partial charge on any atom is -0.336 e. The van der Waals surface area contributed by atoms with E-state index < -0.39 is 0 Å². The van der Waals surface area contributed by atoms with Crippen LogP contribution in [-0.2, 0) is 0 Å². The zero-order valence-electron chi connectivity index (χ0n) is 12.2. The SMILES string of the molecule is CN(C)CCN1CCN(C(=O)c2cccc(S)c2)CC1. The number of nitrogens with zero attached hydrogens (tertiary/aromatic N) is 3. The molecule has 0 spiro atoms. The van der Waals surface area contributed by atoms with Crippen molar-refractivity contribution >= 4 is 18.5 Å². The Labute approximate surface area is 126 Å². The van der Waals surface area contributed by atoms with Gasteiger partial charge in [0.05, 0.1) is 0 Å². The summed E-state index contributed by atoms with van der Waals surface area (Å²) in [6.07, 6.45) is 0. The average Bonchev–Trinajstić information content (AvgIpc) is 2.45. The van der Waals surface area contributed by atoms with Crippen molar-refractivity contribution in [2.45, 2.75) is 4.90 Å². The number of carbonyl (C=O) groups excluding carboxylic acids is 1. The molecule has 1 saturated heterocycles. The highest BCUT2D eigenvalue weighted by Gasteiger charge is 2.21. The summed E-state index contributed by atoms with van der Waals surface area (Å²) in [6.45, 7) is 5.67. The molecule has 1 aliphatic heterocycles. The molecule has 0 bridgehead atoms. The van der Waals surface area contributed by atoms with E-state index in [0.29, 0.717) is 0 Å². The highest BCUT2D eigenvalue weighted by atomic mass is 32.1. The maximum absolute atomic E-state index is 12.4. The van der Waals surface area contributed by atoms with Crippen LogP contribution in [0.15, 0.2) is 29.2 Å². The van der Waals surface area contributed by atoms with Crippen LogP contribution in [0.2, 0.25) is 0 Å². The van der Waals surface area contributed by atoms with Gasteiger partial charge in [-0.2, -0.15) is 0 Å². The van der Waals surface area contributed by atoms with Crippen LogP contribution in [0.1, 0.15) is 10.4 Å². The number of benzene rings is 1. The van der Waals surface area contributed by atoms with E-state index in [2.05, 4.69) is 36.5 Å². The van der Waals surface area contributed by atoms with Crippen LogP contribution in [0.5, 0.6) is 0 Å². The molecular formula is C15H23N3OS. The first kappa shape index (κ1) is 15.4. The first-order valence-electron chi connectivity index (χ1n) is 7.01. The van der Waals surface area contributed by atoms with E-state index in [1.165, 1.54) is 0 Å². The van der Waals surface area contributed by atoms with E-state index in [4.69, 9.17) is 0 Å². The summed E-state index contributed by atoms with van der Waals surface area (Å²) < 4.78 is 0. The number of carbonyl (C=O) groups is 1. The Balaban J connectivity index is 1.86. The molecule has 0 unspecified atom stereocenters. The Hall–Kier alpha value is -1.04. The van der Waals surface area contributed by atoms with Crippen molar-refractivity contribution in [1.82, 2.24) is 14.7 Å². The van der Waals surface area contributed by atoms with Gasteiger partial charge in [-0.3, -0.25) is 9.69 Å². The third-order valence-electron chi connectivity index (χ3n) is 3.62. The summed E-state index contributed by atoms with van der Waals surface area (Å²) in [4.78, 5) is 19.8. The zero-order chi connectivity index (χ0) is 14.5. The molecule has 0 aromatic heterocycles. The Morgan fingerprint density at radius 1 is 1.25 bits per heavy atom. The predicted octanol–water partition coefficient (Wildman–Crippen LogP) is 1.29. The Morgan fingerprint density at radius 3 is 2.55 bits per heavy atom. The van der Waals surface area contributed by atoms with E-state index >= 15 is 0 Å². The minimum absolute atomic E-state index is 0.119. The molecule has 20 heavy (non-hydrogen) atoms.